The van der Waals surface area contributed by atoms with Gasteiger partial charge in [-0.3, -0.25) is 4.79 Å². The number of benzene rings is 1. The molecule has 4 nitrogen and oxygen atoms in total. The van der Waals surface area contributed by atoms with Crippen LogP contribution in [0.25, 0.3) is 21.9 Å². The number of para-hydroxylation sites is 1. The second-order valence-corrected chi connectivity index (χ2v) is 3.04. The monoisotopic (exact) mass is 186 g/mol. The van der Waals surface area contributed by atoms with Crippen LogP contribution in [0.5, 0.6) is 0 Å². The summed E-state index contributed by atoms with van der Waals surface area (Å²) in [6, 6.07) is 7.50. The number of furan rings is 1. The van der Waals surface area contributed by atoms with Crippen LogP contribution >= 0.6 is 0 Å². The number of nitrogens with zero attached hydrogens (tertiary/aromatic N) is 1. The third kappa shape index (κ3) is 0.821. The van der Waals surface area contributed by atoms with Crippen molar-refractivity contribution in [3.05, 3.63) is 40.8 Å². The van der Waals surface area contributed by atoms with E-state index in [4.69, 9.17) is 4.42 Å². The van der Waals surface area contributed by atoms with Crippen LogP contribution in [-0.4, -0.2) is 10.2 Å². The van der Waals surface area contributed by atoms with Gasteiger partial charge in [-0.25, -0.2) is 5.10 Å². The average Bonchev–Trinajstić information content (AvgIpc) is 2.59. The standard InChI is InChI=1S/C10H6N2O2/c13-10-9-7(5-11-12-10)6-3-1-2-4-8(6)14-9/h1-5H,(H,12,13). The van der Waals surface area contributed by atoms with Crippen LogP contribution in [0.15, 0.2) is 39.7 Å². The quantitative estimate of drug-likeness (QED) is 0.581. The molecular weight excluding hydrogens is 180 g/mol. The molecule has 0 amide bonds. The molecule has 0 fully saturated rings. The Morgan fingerprint density at radius 3 is 3.00 bits per heavy atom. The molecule has 0 aliphatic carbocycles. The lowest BCUT2D eigenvalue weighted by molar-refractivity contribution is 0.660. The summed E-state index contributed by atoms with van der Waals surface area (Å²) in [5, 5.41) is 7.74. The fraction of sp³-hybridized carbons (Fsp3) is 0. The first-order valence-corrected chi connectivity index (χ1v) is 4.21. The SMILES string of the molecule is O=c1[nH]ncc2c1oc1ccccc12. The normalized spacial score (nSPS) is 11.1. The number of hydrogen-bond donors (Lipinski definition) is 1. The third-order valence-corrected chi connectivity index (χ3v) is 2.20. The van der Waals surface area contributed by atoms with Crippen LogP contribution in [0.1, 0.15) is 0 Å². The number of hydrogen-bond acceptors (Lipinski definition) is 3. The minimum Gasteiger partial charge on any atom is -0.450 e. The van der Waals surface area contributed by atoms with Crippen LogP contribution in [0, 0.1) is 0 Å². The third-order valence-electron chi connectivity index (χ3n) is 2.20. The van der Waals surface area contributed by atoms with Crippen molar-refractivity contribution in [2.75, 3.05) is 0 Å². The van der Waals surface area contributed by atoms with Gasteiger partial charge in [-0.2, -0.15) is 5.10 Å². The van der Waals surface area contributed by atoms with Crippen molar-refractivity contribution < 1.29 is 4.42 Å². The molecule has 68 valence electrons. The van der Waals surface area contributed by atoms with Crippen LogP contribution in [-0.2, 0) is 0 Å². The molecule has 2 aromatic heterocycles. The molecule has 0 spiro atoms. The van der Waals surface area contributed by atoms with Crippen molar-refractivity contribution in [3.63, 3.8) is 0 Å². The lowest BCUT2D eigenvalue weighted by Gasteiger charge is -1.84. The van der Waals surface area contributed by atoms with E-state index in [0.29, 0.717) is 11.2 Å². The second kappa shape index (κ2) is 2.45. The van der Waals surface area contributed by atoms with Gasteiger partial charge in [-0.1, -0.05) is 18.2 Å². The van der Waals surface area contributed by atoms with Gasteiger partial charge in [-0.15, -0.1) is 0 Å². The predicted octanol–water partition coefficient (Wildman–Crippen LogP) is 1.67. The van der Waals surface area contributed by atoms with E-state index < -0.39 is 0 Å². The van der Waals surface area contributed by atoms with Gasteiger partial charge in [0.1, 0.15) is 5.58 Å². The van der Waals surface area contributed by atoms with Crippen LogP contribution in [0.2, 0.25) is 0 Å². The van der Waals surface area contributed by atoms with Crippen LogP contribution in [0.4, 0.5) is 0 Å². The number of H-pyrrole nitrogens is 1. The Kier molecular flexibility index (Phi) is 1.28. The second-order valence-electron chi connectivity index (χ2n) is 3.04. The summed E-state index contributed by atoms with van der Waals surface area (Å²) >= 11 is 0. The molecule has 0 saturated carbocycles. The van der Waals surface area contributed by atoms with E-state index in [1.54, 1.807) is 6.20 Å². The van der Waals surface area contributed by atoms with E-state index in [1.807, 2.05) is 24.3 Å². The maximum absolute atomic E-state index is 11.3. The smallest absolute Gasteiger partial charge is 0.307 e. The van der Waals surface area contributed by atoms with E-state index in [2.05, 4.69) is 10.2 Å². The lowest BCUT2D eigenvalue weighted by Crippen LogP contribution is -2.05. The molecule has 0 bridgehead atoms. The van der Waals surface area contributed by atoms with Crippen LogP contribution in [0.3, 0.4) is 0 Å². The highest BCUT2D eigenvalue weighted by atomic mass is 16.3. The molecule has 3 rings (SSSR count). The number of fused-ring (bicyclic) bond motifs is 3. The largest absolute Gasteiger partial charge is 0.450 e. The van der Waals surface area contributed by atoms with Crippen molar-refractivity contribution in [3.8, 4) is 0 Å². The van der Waals surface area contributed by atoms with Gasteiger partial charge in [0.15, 0.2) is 0 Å². The molecule has 2 heterocycles. The lowest BCUT2D eigenvalue weighted by atomic mass is 10.2. The van der Waals surface area contributed by atoms with E-state index in [-0.39, 0.29) is 5.56 Å². The minimum atomic E-state index is -0.293. The Morgan fingerprint density at radius 2 is 2.07 bits per heavy atom. The van der Waals surface area contributed by atoms with Crippen molar-refractivity contribution >= 4 is 21.9 Å². The fourth-order valence-corrected chi connectivity index (χ4v) is 1.57. The maximum atomic E-state index is 11.3. The van der Waals surface area contributed by atoms with E-state index in [9.17, 15) is 4.79 Å². The predicted molar refractivity (Wildman–Crippen MR) is 52.1 cm³/mol. The number of aromatic amines is 1. The van der Waals surface area contributed by atoms with Crippen LogP contribution < -0.4 is 5.56 Å². The van der Waals surface area contributed by atoms with Gasteiger partial charge >= 0.3 is 5.56 Å². The minimum absolute atomic E-state index is 0.293. The summed E-state index contributed by atoms with van der Waals surface area (Å²) in [4.78, 5) is 11.3. The van der Waals surface area contributed by atoms with Gasteiger partial charge in [0.2, 0.25) is 5.58 Å². The molecule has 0 atom stereocenters. The van der Waals surface area contributed by atoms with Crippen molar-refractivity contribution in [1.82, 2.24) is 10.2 Å². The Bertz CT molecular complexity index is 666. The van der Waals surface area contributed by atoms with Gasteiger partial charge in [0, 0.05) is 5.39 Å². The molecule has 0 saturated heterocycles. The van der Waals surface area contributed by atoms with Gasteiger partial charge in [-0.05, 0) is 6.07 Å². The Hall–Kier alpha value is -2.10. The van der Waals surface area contributed by atoms with Gasteiger partial charge in [0.05, 0.1) is 11.6 Å². The number of rotatable bonds is 0. The first-order chi connectivity index (χ1) is 6.86. The van der Waals surface area contributed by atoms with E-state index in [0.717, 1.165) is 10.8 Å². The fourth-order valence-electron chi connectivity index (χ4n) is 1.57. The topological polar surface area (TPSA) is 58.9 Å². The molecule has 0 aliphatic heterocycles. The summed E-state index contributed by atoms with van der Waals surface area (Å²) in [5.74, 6) is 0. The van der Waals surface area contributed by atoms with Crippen molar-refractivity contribution in [2.45, 2.75) is 0 Å². The Balaban J connectivity index is 2.70. The summed E-state index contributed by atoms with van der Waals surface area (Å²) < 4.78 is 5.40. The molecule has 1 aromatic carbocycles. The zero-order chi connectivity index (χ0) is 9.54. The Labute approximate surface area is 78.2 Å². The summed E-state index contributed by atoms with van der Waals surface area (Å²) in [7, 11) is 0. The molecule has 4 heteroatoms. The molecule has 0 unspecified atom stereocenters. The zero-order valence-electron chi connectivity index (χ0n) is 7.15. The molecule has 14 heavy (non-hydrogen) atoms. The van der Waals surface area contributed by atoms with Gasteiger partial charge in [0.25, 0.3) is 0 Å². The van der Waals surface area contributed by atoms with E-state index in [1.165, 1.54) is 0 Å². The van der Waals surface area contributed by atoms with Crippen molar-refractivity contribution in [1.29, 1.82) is 0 Å². The maximum Gasteiger partial charge on any atom is 0.307 e. The highest BCUT2D eigenvalue weighted by Crippen LogP contribution is 2.24. The molecule has 0 aliphatic rings. The van der Waals surface area contributed by atoms with Crippen molar-refractivity contribution in [2.24, 2.45) is 0 Å². The molecule has 0 radical (unpaired) electrons. The highest BCUT2D eigenvalue weighted by molar-refractivity contribution is 6.03. The zero-order valence-corrected chi connectivity index (χ0v) is 7.15. The summed E-state index contributed by atoms with van der Waals surface area (Å²) in [6.45, 7) is 0. The highest BCUT2D eigenvalue weighted by Gasteiger charge is 2.08. The average molecular weight is 186 g/mol. The Morgan fingerprint density at radius 1 is 1.21 bits per heavy atom. The van der Waals surface area contributed by atoms with Gasteiger partial charge < -0.3 is 4.42 Å². The molecule has 1 N–H and O–H groups in total. The number of nitrogens with one attached hydrogen (secondary N) is 1. The summed E-state index contributed by atoms with van der Waals surface area (Å²) in [5.41, 5.74) is 0.751. The van der Waals surface area contributed by atoms with E-state index >= 15 is 0 Å². The molecule has 3 aromatic rings. The first kappa shape index (κ1) is 7.32. The summed E-state index contributed by atoms with van der Waals surface area (Å²) in [6.07, 6.45) is 1.60. The first-order valence-electron chi connectivity index (χ1n) is 4.21. The number of aromatic nitrogens is 2. The molecular formula is C10H6N2O2.